The van der Waals surface area contributed by atoms with E-state index in [1.54, 1.807) is 10.8 Å². The topological polar surface area (TPSA) is 83.3 Å². The third kappa shape index (κ3) is 1.78. The Labute approximate surface area is 131 Å². The summed E-state index contributed by atoms with van der Waals surface area (Å²) in [5.41, 5.74) is 2.86. The van der Waals surface area contributed by atoms with E-state index in [2.05, 4.69) is 15.1 Å². The van der Waals surface area contributed by atoms with E-state index in [-0.39, 0.29) is 5.88 Å². The zero-order valence-electron chi connectivity index (χ0n) is 12.4. The molecular formula is C17H14N4O2. The van der Waals surface area contributed by atoms with Gasteiger partial charge in [-0.3, -0.25) is 4.57 Å². The molecule has 0 unspecified atom stereocenters. The molecule has 0 amide bonds. The van der Waals surface area contributed by atoms with Crippen molar-refractivity contribution in [2.75, 3.05) is 0 Å². The maximum absolute atomic E-state index is 11.4. The van der Waals surface area contributed by atoms with Gasteiger partial charge in [-0.1, -0.05) is 18.2 Å². The highest BCUT2D eigenvalue weighted by Gasteiger charge is 2.23. The van der Waals surface area contributed by atoms with Crippen LogP contribution in [0.15, 0.2) is 47.8 Å². The Morgan fingerprint density at radius 1 is 1.22 bits per heavy atom. The van der Waals surface area contributed by atoms with Gasteiger partial charge in [0.25, 0.3) is 0 Å². The van der Waals surface area contributed by atoms with Crippen molar-refractivity contribution in [3.8, 4) is 17.1 Å². The smallest absolute Gasteiger partial charge is 0.203 e. The van der Waals surface area contributed by atoms with Gasteiger partial charge < -0.3 is 10.1 Å². The number of nitroso groups, excluding NO2 is 1. The molecule has 4 aromatic rings. The van der Waals surface area contributed by atoms with Crippen LogP contribution in [0.2, 0.25) is 0 Å². The van der Waals surface area contributed by atoms with Crippen LogP contribution in [0.4, 0.5) is 5.69 Å². The summed E-state index contributed by atoms with van der Waals surface area (Å²) >= 11 is 0. The molecule has 4 rings (SSSR count). The van der Waals surface area contributed by atoms with Crippen molar-refractivity contribution in [3.63, 3.8) is 0 Å². The second-order valence-corrected chi connectivity index (χ2v) is 5.30. The van der Waals surface area contributed by atoms with E-state index in [4.69, 9.17) is 0 Å². The van der Waals surface area contributed by atoms with Crippen molar-refractivity contribution >= 4 is 27.6 Å². The van der Waals surface area contributed by atoms with Gasteiger partial charge in [0.05, 0.1) is 11.3 Å². The Kier molecular flexibility index (Phi) is 2.90. The van der Waals surface area contributed by atoms with Gasteiger partial charge >= 0.3 is 0 Å². The zero-order valence-corrected chi connectivity index (χ0v) is 12.4. The number of nitrogens with one attached hydrogen (secondary N) is 1. The largest absolute Gasteiger partial charge is 0.494 e. The SMILES string of the molecule is CCn1c(O)c(-c2[nH]c3ccccc3c2N=O)c2cccnc21. The molecule has 0 saturated heterocycles. The first-order valence-corrected chi connectivity index (χ1v) is 7.36. The van der Waals surface area contributed by atoms with Crippen LogP contribution in [-0.2, 0) is 6.54 Å². The van der Waals surface area contributed by atoms with Gasteiger partial charge in [0.2, 0.25) is 5.88 Å². The lowest BCUT2D eigenvalue weighted by Gasteiger charge is -2.02. The number of aromatic nitrogens is 3. The summed E-state index contributed by atoms with van der Waals surface area (Å²) in [6.07, 6.45) is 1.68. The molecule has 23 heavy (non-hydrogen) atoms. The van der Waals surface area contributed by atoms with Gasteiger partial charge in [0.1, 0.15) is 11.3 Å². The first-order valence-electron chi connectivity index (χ1n) is 7.36. The summed E-state index contributed by atoms with van der Waals surface area (Å²) < 4.78 is 1.71. The number of pyridine rings is 1. The van der Waals surface area contributed by atoms with Gasteiger partial charge in [-0.15, -0.1) is 4.91 Å². The van der Waals surface area contributed by atoms with E-state index in [0.29, 0.717) is 29.1 Å². The number of benzene rings is 1. The fourth-order valence-electron chi connectivity index (χ4n) is 3.11. The van der Waals surface area contributed by atoms with Crippen molar-refractivity contribution in [1.29, 1.82) is 0 Å². The number of aromatic hydroxyl groups is 1. The highest BCUT2D eigenvalue weighted by atomic mass is 16.3. The van der Waals surface area contributed by atoms with Gasteiger partial charge in [0.15, 0.2) is 0 Å². The molecule has 0 fully saturated rings. The molecule has 114 valence electrons. The molecule has 0 aliphatic rings. The number of hydrogen-bond acceptors (Lipinski definition) is 4. The highest BCUT2D eigenvalue weighted by Crippen LogP contribution is 2.45. The summed E-state index contributed by atoms with van der Waals surface area (Å²) in [6.45, 7) is 2.51. The second kappa shape index (κ2) is 4.95. The number of para-hydroxylation sites is 1. The van der Waals surface area contributed by atoms with Crippen LogP contribution in [0.5, 0.6) is 5.88 Å². The molecule has 3 heterocycles. The number of H-pyrrole nitrogens is 1. The number of aromatic amines is 1. The van der Waals surface area contributed by atoms with Crippen molar-refractivity contribution in [3.05, 3.63) is 47.5 Å². The molecule has 6 heteroatoms. The van der Waals surface area contributed by atoms with E-state index < -0.39 is 0 Å². The Morgan fingerprint density at radius 2 is 2.00 bits per heavy atom. The summed E-state index contributed by atoms with van der Waals surface area (Å²) in [5, 5.41) is 15.4. The molecule has 6 nitrogen and oxygen atoms in total. The van der Waals surface area contributed by atoms with Gasteiger partial charge in [0, 0.05) is 29.0 Å². The summed E-state index contributed by atoms with van der Waals surface area (Å²) in [4.78, 5) is 19.0. The maximum Gasteiger partial charge on any atom is 0.203 e. The Morgan fingerprint density at radius 3 is 2.78 bits per heavy atom. The van der Waals surface area contributed by atoms with E-state index in [1.165, 1.54) is 0 Å². The zero-order chi connectivity index (χ0) is 16.0. The predicted octanol–water partition coefficient (Wildman–Crippen LogP) is 4.31. The quantitative estimate of drug-likeness (QED) is 0.553. The van der Waals surface area contributed by atoms with E-state index in [1.807, 2.05) is 43.3 Å². The average molecular weight is 306 g/mol. The lowest BCUT2D eigenvalue weighted by Crippen LogP contribution is -1.93. The fraction of sp³-hybridized carbons (Fsp3) is 0.118. The summed E-state index contributed by atoms with van der Waals surface area (Å²) in [7, 11) is 0. The number of aryl methyl sites for hydroxylation is 1. The highest BCUT2D eigenvalue weighted by molar-refractivity contribution is 6.06. The number of rotatable bonds is 3. The molecule has 0 saturated carbocycles. The van der Waals surface area contributed by atoms with Crippen molar-refractivity contribution < 1.29 is 5.11 Å². The minimum Gasteiger partial charge on any atom is -0.494 e. The van der Waals surface area contributed by atoms with E-state index >= 15 is 0 Å². The average Bonchev–Trinajstić information content (AvgIpc) is 3.08. The molecule has 0 atom stereocenters. The Bertz CT molecular complexity index is 1050. The minimum atomic E-state index is 0.0812. The van der Waals surface area contributed by atoms with Gasteiger partial charge in [-0.05, 0) is 30.3 Å². The van der Waals surface area contributed by atoms with Crippen molar-refractivity contribution in [2.45, 2.75) is 13.5 Å². The molecule has 0 aliphatic carbocycles. The van der Waals surface area contributed by atoms with Crippen LogP contribution in [0.1, 0.15) is 6.92 Å². The maximum atomic E-state index is 11.4. The monoisotopic (exact) mass is 306 g/mol. The molecule has 3 aromatic heterocycles. The van der Waals surface area contributed by atoms with E-state index in [0.717, 1.165) is 16.3 Å². The standard InChI is InChI=1S/C17H14N4O2/c1-2-21-16-11(7-5-9-18-16)13(17(21)22)15-14(20-23)10-6-3-4-8-12(10)19-15/h3-9,19,22H,2H2,1H3. The molecule has 2 N–H and O–H groups in total. The van der Waals surface area contributed by atoms with E-state index in [9.17, 15) is 10.0 Å². The van der Waals surface area contributed by atoms with Crippen LogP contribution >= 0.6 is 0 Å². The fourth-order valence-corrected chi connectivity index (χ4v) is 3.11. The van der Waals surface area contributed by atoms with Crippen molar-refractivity contribution in [2.24, 2.45) is 5.18 Å². The van der Waals surface area contributed by atoms with Crippen LogP contribution < -0.4 is 0 Å². The first-order chi connectivity index (χ1) is 11.3. The Balaban J connectivity index is 2.15. The lowest BCUT2D eigenvalue weighted by atomic mass is 10.1. The number of fused-ring (bicyclic) bond motifs is 2. The molecule has 0 spiro atoms. The molecular weight excluding hydrogens is 292 g/mol. The molecule has 0 bridgehead atoms. The number of hydrogen-bond donors (Lipinski definition) is 2. The molecule has 1 aromatic carbocycles. The van der Waals surface area contributed by atoms with Crippen LogP contribution in [0.25, 0.3) is 33.2 Å². The molecule has 0 radical (unpaired) electrons. The predicted molar refractivity (Wildman–Crippen MR) is 89.8 cm³/mol. The summed E-state index contributed by atoms with van der Waals surface area (Å²) in [6, 6.07) is 11.1. The lowest BCUT2D eigenvalue weighted by molar-refractivity contribution is 0.426. The first kappa shape index (κ1) is 13.5. The van der Waals surface area contributed by atoms with Crippen LogP contribution in [0, 0.1) is 4.91 Å². The third-order valence-corrected chi connectivity index (χ3v) is 4.13. The Hall–Kier alpha value is -3.15. The van der Waals surface area contributed by atoms with Gasteiger partial charge in [-0.25, -0.2) is 4.98 Å². The molecule has 0 aliphatic heterocycles. The van der Waals surface area contributed by atoms with Gasteiger partial charge in [-0.2, -0.15) is 0 Å². The second-order valence-electron chi connectivity index (χ2n) is 5.30. The van der Waals surface area contributed by atoms with Crippen LogP contribution in [-0.4, -0.2) is 19.6 Å². The van der Waals surface area contributed by atoms with Crippen LogP contribution in [0.3, 0.4) is 0 Å². The minimum absolute atomic E-state index is 0.0812. The number of nitrogens with zero attached hydrogens (tertiary/aromatic N) is 3. The summed E-state index contributed by atoms with van der Waals surface area (Å²) in [5.74, 6) is 0.0812. The normalized spacial score (nSPS) is 11.3. The van der Waals surface area contributed by atoms with Crippen molar-refractivity contribution in [1.82, 2.24) is 14.5 Å². The third-order valence-electron chi connectivity index (χ3n) is 4.13.